The fraction of sp³-hybridized carbons (Fsp3) is 0.419. The monoisotopic (exact) mass is 465 g/mol. The van der Waals surface area contributed by atoms with E-state index in [1.165, 1.54) is 30.4 Å². The Morgan fingerprint density at radius 1 is 0.971 bits per heavy atom. The first-order chi connectivity index (χ1) is 17.1. The number of hydrogen-bond acceptors (Lipinski definition) is 3. The quantitative estimate of drug-likeness (QED) is 0.547. The van der Waals surface area contributed by atoms with Gasteiger partial charge in [-0.3, -0.25) is 9.78 Å². The van der Waals surface area contributed by atoms with Crippen molar-refractivity contribution in [1.29, 1.82) is 0 Å². The van der Waals surface area contributed by atoms with Gasteiger partial charge in [-0.05, 0) is 48.9 Å². The van der Waals surface area contributed by atoms with Gasteiger partial charge in [-0.2, -0.15) is 0 Å². The molecule has 35 heavy (non-hydrogen) atoms. The number of carbonyl (C=O) groups excluding carboxylic acids is 1. The lowest BCUT2D eigenvalue weighted by molar-refractivity contribution is 0.0611. The summed E-state index contributed by atoms with van der Waals surface area (Å²) in [4.78, 5) is 21.0. The molecule has 0 spiro atoms. The van der Waals surface area contributed by atoms with Crippen LogP contribution in [-0.4, -0.2) is 40.0 Å². The number of nitrogens with zero attached hydrogens (tertiary/aromatic N) is 2. The van der Waals surface area contributed by atoms with Crippen LogP contribution in [0.5, 0.6) is 0 Å². The molecule has 1 amide bonds. The predicted octanol–water partition coefficient (Wildman–Crippen LogP) is 5.42. The highest BCUT2D eigenvalue weighted by Gasteiger charge is 2.60. The topological polar surface area (TPSA) is 45.2 Å². The van der Waals surface area contributed by atoms with E-state index in [1.807, 2.05) is 18.2 Å². The van der Waals surface area contributed by atoms with Crippen molar-refractivity contribution in [2.75, 3.05) is 0 Å². The van der Waals surface area contributed by atoms with E-state index in [1.54, 1.807) is 6.20 Å². The van der Waals surface area contributed by atoms with E-state index < -0.39 is 0 Å². The molecule has 4 nitrogen and oxygen atoms in total. The number of benzene rings is 2. The van der Waals surface area contributed by atoms with Gasteiger partial charge in [0.25, 0.3) is 5.91 Å². The van der Waals surface area contributed by atoms with Gasteiger partial charge in [0.05, 0.1) is 5.56 Å². The number of hydrogen-bond donors (Lipinski definition) is 1. The number of carbonyl (C=O) groups is 1. The lowest BCUT2D eigenvalue weighted by Crippen LogP contribution is -2.57. The number of pyridine rings is 1. The number of likely N-dealkylation sites (tertiary alicyclic amines) is 1. The standard InChI is InChI=1S/C31H35N3O/c1-31-20-27-26(19-23-12-6-3-7-13-23)33-28(31)14-8-9-15-29(31)34(27)30(35)24-16-17-25(32-21-24)18-22-10-4-2-5-11-22/h2-7,10-13,16-17,21,26-29,33H,8-9,14-15,18-20H2,1H3/t26-,27-,28+,29-,31+/m0/s1. The summed E-state index contributed by atoms with van der Waals surface area (Å²) in [7, 11) is 0. The first-order valence-corrected chi connectivity index (χ1v) is 13.2. The Morgan fingerprint density at radius 3 is 2.40 bits per heavy atom. The van der Waals surface area contributed by atoms with Gasteiger partial charge < -0.3 is 10.2 Å². The molecule has 2 bridgehead atoms. The molecule has 180 valence electrons. The number of rotatable bonds is 5. The maximum Gasteiger partial charge on any atom is 0.255 e. The number of piperidine rings is 1. The fourth-order valence-electron chi connectivity index (χ4n) is 7.04. The van der Waals surface area contributed by atoms with E-state index in [9.17, 15) is 4.79 Å². The molecule has 1 aromatic heterocycles. The van der Waals surface area contributed by atoms with Gasteiger partial charge in [-0.15, -0.1) is 0 Å². The maximum absolute atomic E-state index is 14.1. The molecule has 3 heterocycles. The van der Waals surface area contributed by atoms with Crippen molar-refractivity contribution in [2.24, 2.45) is 5.41 Å². The Kier molecular flexibility index (Phi) is 5.93. The summed E-state index contributed by atoms with van der Waals surface area (Å²) in [6.45, 7) is 2.43. The number of fused-ring (bicyclic) bond motifs is 1. The van der Waals surface area contributed by atoms with Crippen LogP contribution in [0.15, 0.2) is 79.0 Å². The Labute approximate surface area is 208 Å². The van der Waals surface area contributed by atoms with Crippen LogP contribution in [0.1, 0.15) is 66.2 Å². The molecule has 2 aromatic carbocycles. The second-order valence-electron chi connectivity index (χ2n) is 11.0. The van der Waals surface area contributed by atoms with E-state index >= 15 is 0 Å². The smallest absolute Gasteiger partial charge is 0.255 e. The molecule has 3 aromatic rings. The van der Waals surface area contributed by atoms with Crippen LogP contribution in [0, 0.1) is 5.41 Å². The molecule has 3 aliphatic rings. The van der Waals surface area contributed by atoms with Crippen molar-refractivity contribution < 1.29 is 4.79 Å². The van der Waals surface area contributed by atoms with Crippen molar-refractivity contribution in [3.63, 3.8) is 0 Å². The van der Waals surface area contributed by atoms with Crippen LogP contribution < -0.4 is 5.32 Å². The van der Waals surface area contributed by atoms with E-state index in [2.05, 4.69) is 71.7 Å². The SMILES string of the molecule is C[C@@]12C[C@H]3[C@H](Cc4ccccc4)N[C@@H]1CCCC[C@@H]2N3C(=O)c1ccc(Cc2ccccc2)nc1. The van der Waals surface area contributed by atoms with Gasteiger partial charge >= 0.3 is 0 Å². The summed E-state index contributed by atoms with van der Waals surface area (Å²) in [5, 5.41) is 4.04. The van der Waals surface area contributed by atoms with Gasteiger partial charge in [-0.25, -0.2) is 0 Å². The van der Waals surface area contributed by atoms with Gasteiger partial charge in [0.1, 0.15) is 0 Å². The highest BCUT2D eigenvalue weighted by molar-refractivity contribution is 5.94. The molecule has 2 aliphatic heterocycles. The third kappa shape index (κ3) is 4.18. The summed E-state index contributed by atoms with van der Waals surface area (Å²) in [6, 6.07) is 26.4. The molecule has 4 heteroatoms. The third-order valence-corrected chi connectivity index (χ3v) is 8.83. The van der Waals surface area contributed by atoms with Crippen LogP contribution in [0.2, 0.25) is 0 Å². The average molecular weight is 466 g/mol. The summed E-state index contributed by atoms with van der Waals surface area (Å²) in [6.07, 6.45) is 9.40. The minimum atomic E-state index is 0.144. The van der Waals surface area contributed by atoms with Gasteiger partial charge in [-0.1, -0.05) is 80.4 Å². The van der Waals surface area contributed by atoms with Crippen molar-refractivity contribution in [2.45, 2.75) is 76.0 Å². The normalized spacial score (nSPS) is 29.6. The second kappa shape index (κ2) is 9.23. The van der Waals surface area contributed by atoms with E-state index in [4.69, 9.17) is 4.98 Å². The number of amides is 1. The Hall–Kier alpha value is -2.98. The molecule has 1 saturated carbocycles. The fourth-order valence-corrected chi connectivity index (χ4v) is 7.04. The van der Waals surface area contributed by atoms with Crippen LogP contribution in [0.4, 0.5) is 0 Å². The minimum Gasteiger partial charge on any atom is -0.330 e. The summed E-state index contributed by atoms with van der Waals surface area (Å²) in [5.41, 5.74) is 4.44. The number of aromatic nitrogens is 1. The zero-order valence-corrected chi connectivity index (χ0v) is 20.6. The van der Waals surface area contributed by atoms with E-state index in [0.717, 1.165) is 36.9 Å². The molecule has 1 N–H and O–H groups in total. The molecular weight excluding hydrogens is 430 g/mol. The molecule has 0 unspecified atom stereocenters. The van der Waals surface area contributed by atoms with Crippen LogP contribution in [0.25, 0.3) is 0 Å². The molecule has 0 radical (unpaired) electrons. The minimum absolute atomic E-state index is 0.144. The van der Waals surface area contributed by atoms with Crippen molar-refractivity contribution in [1.82, 2.24) is 15.2 Å². The summed E-state index contributed by atoms with van der Waals surface area (Å²) in [5.74, 6) is 0.157. The zero-order valence-electron chi connectivity index (χ0n) is 20.6. The number of nitrogens with one attached hydrogen (secondary N) is 1. The lowest BCUT2D eigenvalue weighted by Gasteiger charge is -2.43. The summed E-state index contributed by atoms with van der Waals surface area (Å²) >= 11 is 0. The van der Waals surface area contributed by atoms with Crippen molar-refractivity contribution in [3.05, 3.63) is 101 Å². The molecule has 3 fully saturated rings. The molecule has 1 aliphatic carbocycles. The largest absolute Gasteiger partial charge is 0.330 e. The van der Waals surface area contributed by atoms with Gasteiger partial charge in [0, 0.05) is 47.9 Å². The highest BCUT2D eigenvalue weighted by Crippen LogP contribution is 2.52. The molecule has 5 atom stereocenters. The third-order valence-electron chi connectivity index (χ3n) is 8.83. The lowest BCUT2D eigenvalue weighted by atomic mass is 9.70. The van der Waals surface area contributed by atoms with Crippen molar-refractivity contribution >= 4 is 5.91 Å². The average Bonchev–Trinajstić information content (AvgIpc) is 3.04. The maximum atomic E-state index is 14.1. The van der Waals surface area contributed by atoms with Gasteiger partial charge in [0.2, 0.25) is 0 Å². The van der Waals surface area contributed by atoms with Crippen LogP contribution in [0.3, 0.4) is 0 Å². The van der Waals surface area contributed by atoms with Crippen LogP contribution in [-0.2, 0) is 12.8 Å². The summed E-state index contributed by atoms with van der Waals surface area (Å²) < 4.78 is 0. The van der Waals surface area contributed by atoms with Crippen molar-refractivity contribution in [3.8, 4) is 0 Å². The zero-order chi connectivity index (χ0) is 23.8. The highest BCUT2D eigenvalue weighted by atomic mass is 16.2. The molecular formula is C31H35N3O. The van der Waals surface area contributed by atoms with Crippen LogP contribution >= 0.6 is 0 Å². The van der Waals surface area contributed by atoms with E-state index in [0.29, 0.717) is 12.1 Å². The Morgan fingerprint density at radius 2 is 1.69 bits per heavy atom. The van der Waals surface area contributed by atoms with E-state index in [-0.39, 0.29) is 23.4 Å². The Bertz CT molecular complexity index is 1160. The first kappa shape index (κ1) is 22.5. The molecule has 6 rings (SSSR count). The Balaban J connectivity index is 1.28. The van der Waals surface area contributed by atoms with Gasteiger partial charge in [0.15, 0.2) is 0 Å². The second-order valence-corrected chi connectivity index (χ2v) is 11.0. The molecule has 2 saturated heterocycles. The predicted molar refractivity (Wildman–Crippen MR) is 139 cm³/mol. The first-order valence-electron chi connectivity index (χ1n) is 13.2.